The smallest absolute Gasteiger partial charge is 0.247 e. The molecule has 10 rings (SSSR count). The first-order valence-corrected chi connectivity index (χ1v) is 17.0. The van der Waals surface area contributed by atoms with Gasteiger partial charge < -0.3 is 14.3 Å². The number of para-hydroxylation sites is 2. The Balaban J connectivity index is 1.31. The van der Waals surface area contributed by atoms with Crippen molar-refractivity contribution in [3.63, 3.8) is 0 Å². The van der Waals surface area contributed by atoms with Crippen molar-refractivity contribution in [2.45, 2.75) is 26.2 Å². The summed E-state index contributed by atoms with van der Waals surface area (Å²) in [6.07, 6.45) is 0. The Labute approximate surface area is 277 Å². The van der Waals surface area contributed by atoms with Crippen LogP contribution in [0, 0.1) is 0 Å². The van der Waals surface area contributed by atoms with E-state index in [1.807, 2.05) is 17.4 Å². The fourth-order valence-corrected chi connectivity index (χ4v) is 8.62. The number of nitrogens with zero attached hydrogens (tertiary/aromatic N) is 1. The Morgan fingerprint density at radius 1 is 0.660 bits per heavy atom. The zero-order valence-electron chi connectivity index (χ0n) is 26.4. The molecule has 0 bridgehead atoms. The van der Waals surface area contributed by atoms with Gasteiger partial charge in [0.05, 0.1) is 16.9 Å². The summed E-state index contributed by atoms with van der Waals surface area (Å²) in [6, 6.07) is 43.9. The van der Waals surface area contributed by atoms with E-state index < -0.39 is 0 Å². The lowest BCUT2D eigenvalue weighted by atomic mass is 9.62. The minimum atomic E-state index is 0.0209. The van der Waals surface area contributed by atoms with Gasteiger partial charge in [-0.05, 0) is 70.5 Å². The van der Waals surface area contributed by atoms with Crippen molar-refractivity contribution in [2.24, 2.45) is 0 Å². The topological polar surface area (TPSA) is 30.1 Å². The van der Waals surface area contributed by atoms with Gasteiger partial charge in [0.15, 0.2) is 0 Å². The van der Waals surface area contributed by atoms with Crippen LogP contribution >= 0.6 is 11.3 Å². The van der Waals surface area contributed by atoms with Crippen molar-refractivity contribution >= 4 is 94.1 Å². The summed E-state index contributed by atoms with van der Waals surface area (Å²) in [6.45, 7) is 6.82. The standard InChI is InChI=1S/C42H30BN2OS/c1-42(2,3)24-17-20-35-32(21-24)40-41(46-35)43-38-28(26-13-7-9-15-33(26)44-25-11-5-4-6-12-25)18-19-29-30-23-37-31(22-34(30)45(40)39(29)38)27-14-8-10-16-36(27)47-37/h4-23,44H,1-3H3. The normalized spacial score (nSPS) is 12.7. The second-order valence-corrected chi connectivity index (χ2v) is 14.8. The second-order valence-electron chi connectivity index (χ2n) is 13.7. The number of anilines is 2. The number of nitrogens with one attached hydrogen (secondary N) is 1. The highest BCUT2D eigenvalue weighted by molar-refractivity contribution is 7.25. The average molecular weight is 622 g/mol. The van der Waals surface area contributed by atoms with Gasteiger partial charge in [0.2, 0.25) is 7.28 Å². The van der Waals surface area contributed by atoms with Crippen LogP contribution in [0.2, 0.25) is 0 Å². The predicted molar refractivity (Wildman–Crippen MR) is 202 cm³/mol. The summed E-state index contributed by atoms with van der Waals surface area (Å²) >= 11 is 1.88. The first-order valence-electron chi connectivity index (χ1n) is 16.2. The Kier molecular flexibility index (Phi) is 5.52. The highest BCUT2D eigenvalue weighted by Gasteiger charge is 2.31. The second kappa shape index (κ2) is 9.63. The molecule has 9 aromatic rings. The molecule has 5 heteroatoms. The molecule has 0 atom stereocenters. The molecule has 47 heavy (non-hydrogen) atoms. The van der Waals surface area contributed by atoms with Crippen LogP contribution in [0.4, 0.5) is 11.4 Å². The van der Waals surface area contributed by atoms with Crippen LogP contribution < -0.4 is 16.4 Å². The summed E-state index contributed by atoms with van der Waals surface area (Å²) in [5, 5.41) is 9.97. The summed E-state index contributed by atoms with van der Waals surface area (Å²) in [4.78, 5) is 0. The fourth-order valence-electron chi connectivity index (χ4n) is 7.49. The van der Waals surface area contributed by atoms with E-state index >= 15 is 0 Å². The minimum Gasteiger partial charge on any atom is -0.469 e. The maximum absolute atomic E-state index is 6.73. The van der Waals surface area contributed by atoms with Crippen LogP contribution in [0.25, 0.3) is 69.8 Å². The number of rotatable bonds is 3. The number of thiophene rings is 1. The number of benzene rings is 6. The minimum absolute atomic E-state index is 0.0209. The van der Waals surface area contributed by atoms with Crippen molar-refractivity contribution < 1.29 is 4.42 Å². The van der Waals surface area contributed by atoms with Gasteiger partial charge in [-0.15, -0.1) is 11.3 Å². The van der Waals surface area contributed by atoms with Crippen molar-refractivity contribution in [1.82, 2.24) is 4.57 Å². The highest BCUT2D eigenvalue weighted by Crippen LogP contribution is 2.43. The van der Waals surface area contributed by atoms with Crippen LogP contribution in [0.5, 0.6) is 0 Å². The lowest BCUT2D eigenvalue weighted by Crippen LogP contribution is -2.36. The van der Waals surface area contributed by atoms with Crippen molar-refractivity contribution in [3.8, 4) is 16.8 Å². The van der Waals surface area contributed by atoms with E-state index in [0.717, 1.165) is 39.3 Å². The molecule has 6 aromatic carbocycles. The molecule has 0 saturated heterocycles. The largest absolute Gasteiger partial charge is 0.469 e. The van der Waals surface area contributed by atoms with Gasteiger partial charge in [-0.1, -0.05) is 93.6 Å². The molecule has 0 amide bonds. The van der Waals surface area contributed by atoms with Crippen LogP contribution in [0.15, 0.2) is 126 Å². The molecule has 3 aromatic heterocycles. The molecule has 3 nitrogen and oxygen atoms in total. The first kappa shape index (κ1) is 26.9. The Morgan fingerprint density at radius 2 is 1.47 bits per heavy atom. The van der Waals surface area contributed by atoms with E-state index in [9.17, 15) is 0 Å². The van der Waals surface area contributed by atoms with Gasteiger partial charge in [0, 0.05) is 58.8 Å². The molecule has 0 saturated carbocycles. The molecule has 4 heterocycles. The molecule has 0 spiro atoms. The summed E-state index contributed by atoms with van der Waals surface area (Å²) in [7, 11) is 2.28. The van der Waals surface area contributed by atoms with Crippen LogP contribution in [-0.2, 0) is 5.41 Å². The van der Waals surface area contributed by atoms with Gasteiger partial charge in [-0.3, -0.25) is 0 Å². The fraction of sp³-hybridized carbons (Fsp3) is 0.0952. The monoisotopic (exact) mass is 621 g/mol. The Morgan fingerprint density at radius 3 is 2.34 bits per heavy atom. The molecule has 1 N–H and O–H groups in total. The number of aromatic nitrogens is 1. The van der Waals surface area contributed by atoms with E-state index in [1.54, 1.807) is 0 Å². The third kappa shape index (κ3) is 3.93. The molecular weight excluding hydrogens is 591 g/mol. The Bertz CT molecular complexity index is 2720. The van der Waals surface area contributed by atoms with Crippen LogP contribution in [-0.4, -0.2) is 11.8 Å². The molecule has 1 aliphatic rings. The van der Waals surface area contributed by atoms with Crippen molar-refractivity contribution in [3.05, 3.63) is 127 Å². The Hall–Kier alpha value is -5.26. The van der Waals surface area contributed by atoms with Gasteiger partial charge in [0.1, 0.15) is 5.58 Å². The molecule has 0 unspecified atom stereocenters. The van der Waals surface area contributed by atoms with Crippen LogP contribution in [0.1, 0.15) is 26.3 Å². The number of fused-ring (bicyclic) bond motifs is 10. The van der Waals surface area contributed by atoms with E-state index in [2.05, 4.69) is 153 Å². The maximum Gasteiger partial charge on any atom is 0.247 e. The summed E-state index contributed by atoms with van der Waals surface area (Å²) in [5.41, 5.74) is 12.3. The number of furan rings is 1. The third-order valence-electron chi connectivity index (χ3n) is 9.79. The van der Waals surface area contributed by atoms with E-state index in [4.69, 9.17) is 4.42 Å². The molecular formula is C42H30BN2OS. The van der Waals surface area contributed by atoms with Crippen molar-refractivity contribution in [1.29, 1.82) is 0 Å². The molecule has 0 fully saturated rings. The SMILES string of the molecule is CC(C)(C)c1ccc2oc3c(c2c1)-n1c2cc4c(cc2c2ccc(-c5ccccc5Nc5ccccc5)c(c21)[B]3)sc1ccccc14. The van der Waals surface area contributed by atoms with Crippen LogP contribution in [0.3, 0.4) is 0 Å². The molecule has 1 aliphatic heterocycles. The predicted octanol–water partition coefficient (Wildman–Crippen LogP) is 10.6. The average Bonchev–Trinajstić information content (AvgIpc) is 3.74. The maximum atomic E-state index is 6.73. The first-order chi connectivity index (χ1) is 22.9. The zero-order valence-corrected chi connectivity index (χ0v) is 27.2. The van der Waals surface area contributed by atoms with E-state index in [0.29, 0.717) is 0 Å². The number of hydrogen-bond acceptors (Lipinski definition) is 3. The van der Waals surface area contributed by atoms with E-state index in [1.165, 1.54) is 58.6 Å². The van der Waals surface area contributed by atoms with Gasteiger partial charge in [-0.2, -0.15) is 0 Å². The number of hydrogen-bond donors (Lipinski definition) is 1. The van der Waals surface area contributed by atoms with E-state index in [-0.39, 0.29) is 5.41 Å². The zero-order chi connectivity index (χ0) is 31.4. The van der Waals surface area contributed by atoms with Gasteiger partial charge >= 0.3 is 0 Å². The molecule has 0 aliphatic carbocycles. The molecule has 223 valence electrons. The summed E-state index contributed by atoms with van der Waals surface area (Å²) < 4.78 is 11.9. The quantitative estimate of drug-likeness (QED) is 0.199. The highest BCUT2D eigenvalue weighted by atomic mass is 32.1. The molecule has 1 radical (unpaired) electrons. The van der Waals surface area contributed by atoms with Crippen molar-refractivity contribution in [2.75, 3.05) is 5.32 Å². The van der Waals surface area contributed by atoms with Gasteiger partial charge in [-0.25, -0.2) is 0 Å². The lowest BCUT2D eigenvalue weighted by molar-refractivity contribution is 0.590. The van der Waals surface area contributed by atoms with Gasteiger partial charge in [0.25, 0.3) is 0 Å². The third-order valence-corrected chi connectivity index (χ3v) is 10.9. The lowest BCUT2D eigenvalue weighted by Gasteiger charge is -2.22. The summed E-state index contributed by atoms with van der Waals surface area (Å²) in [5.74, 6) is 0.